The van der Waals surface area contributed by atoms with Gasteiger partial charge in [-0.2, -0.15) is 0 Å². The smallest absolute Gasteiger partial charge is 0.243 e. The molecule has 0 fully saturated rings. The summed E-state index contributed by atoms with van der Waals surface area (Å²) in [5.74, 6) is 0.106. The summed E-state index contributed by atoms with van der Waals surface area (Å²) in [7, 11) is 1.63. The quantitative estimate of drug-likeness (QED) is 0.133. The van der Waals surface area contributed by atoms with E-state index >= 15 is 0 Å². The number of aryl methyl sites for hydroxylation is 1. The van der Waals surface area contributed by atoms with Gasteiger partial charge in [0.15, 0.2) is 0 Å². The Hall–Kier alpha value is -3.92. The second-order valence-electron chi connectivity index (χ2n) is 8.91. The second-order valence-corrected chi connectivity index (χ2v) is 8.91. The molecule has 0 radical (unpaired) electrons. The van der Waals surface area contributed by atoms with Gasteiger partial charge in [-0.25, -0.2) is 10.0 Å². The molecule has 0 spiro atoms. The molecule has 0 aliphatic rings. The lowest BCUT2D eigenvalue weighted by Crippen LogP contribution is -2.46. The number of aromatic nitrogens is 2. The van der Waals surface area contributed by atoms with E-state index < -0.39 is 11.8 Å². The molecule has 0 bridgehead atoms. The fourth-order valence-corrected chi connectivity index (χ4v) is 4.14. The highest BCUT2D eigenvalue weighted by atomic mass is 16.5. The van der Waals surface area contributed by atoms with E-state index in [-0.39, 0.29) is 25.3 Å². The van der Waals surface area contributed by atoms with Gasteiger partial charge in [0, 0.05) is 19.4 Å². The fraction of sp³-hybridized carbons (Fsp3) is 0.407. The van der Waals surface area contributed by atoms with Crippen molar-refractivity contribution in [1.82, 2.24) is 25.5 Å². The predicted molar refractivity (Wildman–Crippen MR) is 139 cm³/mol. The third-order valence-electron chi connectivity index (χ3n) is 6.19. The summed E-state index contributed by atoms with van der Waals surface area (Å²) in [6, 6.07) is 15.6. The van der Waals surface area contributed by atoms with Gasteiger partial charge >= 0.3 is 0 Å². The summed E-state index contributed by atoms with van der Waals surface area (Å²) >= 11 is 0. The molecule has 3 amide bonds. The second kappa shape index (κ2) is 14.0. The first-order valence-electron chi connectivity index (χ1n) is 12.5. The number of imidazole rings is 1. The first-order chi connectivity index (χ1) is 17.9. The number of carbonyl (C=O) groups is 3. The molecule has 0 aliphatic carbocycles. The van der Waals surface area contributed by atoms with Crippen LogP contribution < -0.4 is 15.6 Å². The van der Waals surface area contributed by atoms with Crippen LogP contribution in [0.3, 0.4) is 0 Å². The molecular formula is C27H35N5O5. The van der Waals surface area contributed by atoms with E-state index in [0.29, 0.717) is 24.4 Å². The van der Waals surface area contributed by atoms with E-state index in [0.717, 1.165) is 47.4 Å². The maximum atomic E-state index is 12.6. The SMILES string of the molecule is CCCCC[C@H](CN(O)C=O)C(=O)NNC(=O)CCc1nc2ccccc2n1Cc1ccc(OC)cc1. The van der Waals surface area contributed by atoms with E-state index in [9.17, 15) is 19.6 Å². The van der Waals surface area contributed by atoms with Crippen LogP contribution in [0.4, 0.5) is 0 Å². The van der Waals surface area contributed by atoms with Crippen molar-refractivity contribution in [2.45, 2.75) is 52.0 Å². The summed E-state index contributed by atoms with van der Waals surface area (Å²) in [5, 5.41) is 9.97. The van der Waals surface area contributed by atoms with Gasteiger partial charge < -0.3 is 9.30 Å². The zero-order valence-corrected chi connectivity index (χ0v) is 21.4. The molecule has 3 aromatic rings. The third-order valence-corrected chi connectivity index (χ3v) is 6.19. The lowest BCUT2D eigenvalue weighted by molar-refractivity contribution is -0.155. The minimum atomic E-state index is -0.629. The molecule has 0 saturated carbocycles. The van der Waals surface area contributed by atoms with Crippen LogP contribution in [0.1, 0.15) is 50.4 Å². The zero-order chi connectivity index (χ0) is 26.6. The first kappa shape index (κ1) is 27.7. The summed E-state index contributed by atoms with van der Waals surface area (Å²) in [4.78, 5) is 40.6. The number of unbranched alkanes of at least 4 members (excludes halogenated alkanes) is 2. The van der Waals surface area contributed by atoms with E-state index in [1.165, 1.54) is 0 Å². The minimum Gasteiger partial charge on any atom is -0.497 e. The topological polar surface area (TPSA) is 126 Å². The van der Waals surface area contributed by atoms with Crippen LogP contribution in [0.15, 0.2) is 48.5 Å². The molecule has 198 valence electrons. The number of nitrogens with one attached hydrogen (secondary N) is 2. The highest BCUT2D eigenvalue weighted by Crippen LogP contribution is 2.20. The average Bonchev–Trinajstić information content (AvgIpc) is 3.27. The number of rotatable bonds is 14. The molecule has 1 aromatic heterocycles. The van der Waals surface area contributed by atoms with Crippen LogP contribution in [-0.4, -0.2) is 51.7 Å². The minimum absolute atomic E-state index is 0.118. The van der Waals surface area contributed by atoms with Gasteiger partial charge in [-0.1, -0.05) is 50.5 Å². The molecule has 0 unspecified atom stereocenters. The maximum Gasteiger partial charge on any atom is 0.243 e. The zero-order valence-electron chi connectivity index (χ0n) is 21.4. The number of hydrazine groups is 1. The van der Waals surface area contributed by atoms with Gasteiger partial charge in [-0.3, -0.25) is 30.4 Å². The third kappa shape index (κ3) is 8.04. The molecular weight excluding hydrogens is 474 g/mol. The number of benzene rings is 2. The number of amides is 3. The van der Waals surface area contributed by atoms with Crippen molar-refractivity contribution in [2.24, 2.45) is 5.92 Å². The largest absolute Gasteiger partial charge is 0.497 e. The first-order valence-corrected chi connectivity index (χ1v) is 12.5. The summed E-state index contributed by atoms with van der Waals surface area (Å²) in [5.41, 5.74) is 7.78. The monoisotopic (exact) mass is 509 g/mol. The summed E-state index contributed by atoms with van der Waals surface area (Å²) in [6.45, 7) is 2.50. The van der Waals surface area contributed by atoms with Gasteiger partial charge in [-0.05, 0) is 36.2 Å². The standard InChI is InChI=1S/C27H35N5O5/c1-3-4-5-8-21(18-31(36)19-33)27(35)30-29-26(34)16-15-25-28-23-9-6-7-10-24(23)32(25)17-20-11-13-22(37-2)14-12-20/h6-7,9-14,19,21,36H,3-5,8,15-18H2,1-2H3,(H,29,34)(H,30,35)/t21-/m1/s1. The van der Waals surface area contributed by atoms with Crippen LogP contribution in [0, 0.1) is 5.92 Å². The Morgan fingerprint density at radius 1 is 1.14 bits per heavy atom. The lowest BCUT2D eigenvalue weighted by atomic mass is 10.0. The molecule has 3 N–H and O–H groups in total. The number of fused-ring (bicyclic) bond motifs is 1. The molecule has 10 heteroatoms. The Kier molecular flexibility index (Phi) is 10.5. The van der Waals surface area contributed by atoms with Crippen molar-refractivity contribution in [3.05, 3.63) is 59.9 Å². The molecule has 2 aromatic carbocycles. The number of hydroxylamine groups is 2. The predicted octanol–water partition coefficient (Wildman–Crippen LogP) is 3.22. The number of para-hydroxylation sites is 2. The van der Waals surface area contributed by atoms with Crippen molar-refractivity contribution >= 4 is 29.3 Å². The van der Waals surface area contributed by atoms with Crippen molar-refractivity contribution in [2.75, 3.05) is 13.7 Å². The number of hydrogen-bond donors (Lipinski definition) is 3. The molecule has 0 saturated heterocycles. The van der Waals surface area contributed by atoms with Gasteiger partial charge in [0.25, 0.3) is 0 Å². The number of methoxy groups -OCH3 is 1. The number of nitrogens with zero attached hydrogens (tertiary/aromatic N) is 3. The maximum absolute atomic E-state index is 12.6. The van der Waals surface area contributed by atoms with Crippen molar-refractivity contribution in [1.29, 1.82) is 0 Å². The normalized spacial score (nSPS) is 11.6. The van der Waals surface area contributed by atoms with Crippen LogP contribution in [0.2, 0.25) is 0 Å². The molecule has 1 heterocycles. The Morgan fingerprint density at radius 2 is 1.89 bits per heavy atom. The molecule has 3 rings (SSSR count). The summed E-state index contributed by atoms with van der Waals surface area (Å²) < 4.78 is 7.33. The lowest BCUT2D eigenvalue weighted by Gasteiger charge is -2.19. The van der Waals surface area contributed by atoms with Crippen LogP contribution >= 0.6 is 0 Å². The van der Waals surface area contributed by atoms with E-state index in [2.05, 4.69) is 15.4 Å². The van der Waals surface area contributed by atoms with Crippen LogP contribution in [0.25, 0.3) is 11.0 Å². The van der Waals surface area contributed by atoms with Gasteiger partial charge in [0.05, 0.1) is 30.6 Å². The van der Waals surface area contributed by atoms with Crippen molar-refractivity contribution < 1.29 is 24.3 Å². The van der Waals surface area contributed by atoms with Gasteiger partial charge in [0.1, 0.15) is 11.6 Å². The summed E-state index contributed by atoms with van der Waals surface area (Å²) in [6.07, 6.45) is 3.94. The number of hydrogen-bond acceptors (Lipinski definition) is 6. The number of carbonyl (C=O) groups excluding carboxylic acids is 3. The average molecular weight is 510 g/mol. The fourth-order valence-electron chi connectivity index (χ4n) is 4.14. The van der Waals surface area contributed by atoms with Crippen LogP contribution in [0.5, 0.6) is 5.75 Å². The van der Waals surface area contributed by atoms with E-state index in [4.69, 9.17) is 9.72 Å². The van der Waals surface area contributed by atoms with Gasteiger partial charge in [-0.15, -0.1) is 0 Å². The highest BCUT2D eigenvalue weighted by Gasteiger charge is 2.21. The number of ether oxygens (including phenoxy) is 1. The Balaban J connectivity index is 1.61. The van der Waals surface area contributed by atoms with E-state index in [1.807, 2.05) is 55.5 Å². The molecule has 1 atom stereocenters. The Morgan fingerprint density at radius 3 is 2.59 bits per heavy atom. The van der Waals surface area contributed by atoms with E-state index in [1.54, 1.807) is 7.11 Å². The molecule has 37 heavy (non-hydrogen) atoms. The molecule has 0 aliphatic heterocycles. The Bertz CT molecular complexity index is 1180. The molecule has 10 nitrogen and oxygen atoms in total. The Labute approximate surface area is 216 Å². The highest BCUT2D eigenvalue weighted by molar-refractivity contribution is 5.83. The van der Waals surface area contributed by atoms with Crippen molar-refractivity contribution in [3.63, 3.8) is 0 Å². The van der Waals surface area contributed by atoms with Gasteiger partial charge in [0.2, 0.25) is 18.2 Å². The van der Waals surface area contributed by atoms with Crippen molar-refractivity contribution in [3.8, 4) is 5.75 Å². The van der Waals surface area contributed by atoms with Crippen LogP contribution in [-0.2, 0) is 27.3 Å².